The summed E-state index contributed by atoms with van der Waals surface area (Å²) in [5.74, 6) is 1.27. The highest BCUT2D eigenvalue weighted by Gasteiger charge is 2.19. The minimum absolute atomic E-state index is 0.179. The van der Waals surface area contributed by atoms with Crippen LogP contribution in [-0.4, -0.2) is 34.6 Å². The van der Waals surface area contributed by atoms with E-state index in [4.69, 9.17) is 4.74 Å². The number of anilines is 2. The molecule has 4 aromatic carbocycles. The van der Waals surface area contributed by atoms with Crippen LogP contribution in [0.1, 0.15) is 0 Å². The van der Waals surface area contributed by atoms with Gasteiger partial charge in [0.2, 0.25) is 0 Å². The number of nitrogens with one attached hydrogen (secondary N) is 2. The van der Waals surface area contributed by atoms with Gasteiger partial charge >= 0.3 is 0 Å². The van der Waals surface area contributed by atoms with Crippen molar-refractivity contribution in [3.05, 3.63) is 91.0 Å². The summed E-state index contributed by atoms with van der Waals surface area (Å²) < 4.78 is 34.8. The summed E-state index contributed by atoms with van der Waals surface area (Å²) >= 11 is 0. The maximum absolute atomic E-state index is 13.1. The zero-order valence-electron chi connectivity index (χ0n) is 18.1. The number of piperazine rings is 1. The van der Waals surface area contributed by atoms with Crippen molar-refractivity contribution >= 4 is 32.2 Å². The topological polar surface area (TPSA) is 70.7 Å². The summed E-state index contributed by atoms with van der Waals surface area (Å²) in [6.07, 6.45) is 0. The number of sulfonamides is 1. The van der Waals surface area contributed by atoms with Gasteiger partial charge in [-0.2, -0.15) is 0 Å². The van der Waals surface area contributed by atoms with E-state index in [1.807, 2.05) is 66.7 Å². The Morgan fingerprint density at radius 3 is 2.09 bits per heavy atom. The molecular formula is C26H25N3O3S. The molecule has 0 amide bonds. The first-order chi connectivity index (χ1) is 16.1. The molecule has 0 aliphatic carbocycles. The summed E-state index contributed by atoms with van der Waals surface area (Å²) in [4.78, 5) is 2.51. The number of fused-ring (bicyclic) bond motifs is 1. The summed E-state index contributed by atoms with van der Waals surface area (Å²) in [5.41, 5.74) is 1.69. The molecule has 2 N–H and O–H groups in total. The molecule has 0 unspecified atom stereocenters. The maximum atomic E-state index is 13.1. The SMILES string of the molecule is O=S(=O)(Nc1ccc(N2CCNCC2)c2ccccc12)c1ccc(Oc2ccccc2)cc1. The Labute approximate surface area is 193 Å². The van der Waals surface area contributed by atoms with Crippen molar-refractivity contribution in [2.75, 3.05) is 35.8 Å². The standard InChI is InChI=1S/C26H25N3O3S/c30-33(31,22-12-10-21(11-13-22)32-20-6-2-1-3-7-20)28-25-14-15-26(29-18-16-27-17-19-29)24-9-5-4-8-23(24)25/h1-15,27-28H,16-19H2. The third kappa shape index (κ3) is 4.65. The normalized spacial score (nSPS) is 14.2. The van der Waals surface area contributed by atoms with E-state index in [1.165, 1.54) is 0 Å². The fourth-order valence-corrected chi connectivity index (χ4v) is 5.15. The van der Waals surface area contributed by atoms with Crippen LogP contribution in [-0.2, 0) is 10.0 Å². The molecule has 1 heterocycles. The summed E-state index contributed by atoms with van der Waals surface area (Å²) in [5, 5.41) is 5.28. The Morgan fingerprint density at radius 1 is 0.727 bits per heavy atom. The fraction of sp³-hybridized carbons (Fsp3) is 0.154. The summed E-state index contributed by atoms with van der Waals surface area (Å²) in [6, 6.07) is 27.6. The molecule has 1 saturated heterocycles. The van der Waals surface area contributed by atoms with Crippen LogP contribution in [0.2, 0.25) is 0 Å². The maximum Gasteiger partial charge on any atom is 0.261 e. The van der Waals surface area contributed by atoms with Crippen molar-refractivity contribution in [1.82, 2.24) is 5.32 Å². The number of ether oxygens (including phenoxy) is 1. The van der Waals surface area contributed by atoms with E-state index < -0.39 is 10.0 Å². The van der Waals surface area contributed by atoms with Crippen LogP contribution in [0, 0.1) is 0 Å². The Bertz CT molecular complexity index is 1350. The van der Waals surface area contributed by atoms with Crippen molar-refractivity contribution in [3.8, 4) is 11.5 Å². The van der Waals surface area contributed by atoms with Crippen molar-refractivity contribution in [1.29, 1.82) is 0 Å². The second kappa shape index (κ2) is 9.13. The third-order valence-electron chi connectivity index (χ3n) is 5.72. The fourth-order valence-electron chi connectivity index (χ4n) is 4.07. The van der Waals surface area contributed by atoms with Gasteiger partial charge in [0.25, 0.3) is 10.0 Å². The van der Waals surface area contributed by atoms with Crippen LogP contribution in [0.25, 0.3) is 10.8 Å². The first-order valence-electron chi connectivity index (χ1n) is 10.9. The molecule has 1 aliphatic heterocycles. The van der Waals surface area contributed by atoms with Crippen molar-refractivity contribution < 1.29 is 13.2 Å². The van der Waals surface area contributed by atoms with E-state index in [0.717, 1.165) is 42.6 Å². The average molecular weight is 460 g/mol. The lowest BCUT2D eigenvalue weighted by Crippen LogP contribution is -2.43. The monoisotopic (exact) mass is 459 g/mol. The molecule has 0 spiro atoms. The van der Waals surface area contributed by atoms with Crippen molar-refractivity contribution in [2.24, 2.45) is 0 Å². The number of benzene rings is 4. The molecule has 6 nitrogen and oxygen atoms in total. The predicted octanol–water partition coefficient (Wildman–Crippen LogP) is 4.84. The number of hydrogen-bond acceptors (Lipinski definition) is 5. The first-order valence-corrected chi connectivity index (χ1v) is 12.4. The van der Waals surface area contributed by atoms with Gasteiger partial charge in [-0.3, -0.25) is 4.72 Å². The number of rotatable bonds is 6. The Kier molecular flexibility index (Phi) is 5.90. The quantitative estimate of drug-likeness (QED) is 0.432. The van der Waals surface area contributed by atoms with Crippen molar-refractivity contribution in [3.63, 3.8) is 0 Å². The molecule has 1 fully saturated rings. The largest absolute Gasteiger partial charge is 0.457 e. The van der Waals surface area contributed by atoms with Crippen LogP contribution < -0.4 is 19.7 Å². The van der Waals surface area contributed by atoms with Crippen LogP contribution in [0.3, 0.4) is 0 Å². The van der Waals surface area contributed by atoms with Crippen LogP contribution in [0.15, 0.2) is 95.9 Å². The lowest BCUT2D eigenvalue weighted by molar-refractivity contribution is 0.482. The summed E-state index contributed by atoms with van der Waals surface area (Å²) in [7, 11) is -3.76. The molecule has 0 atom stereocenters. The molecule has 7 heteroatoms. The van der Waals surface area contributed by atoms with E-state index in [2.05, 4.69) is 14.9 Å². The number of para-hydroxylation sites is 1. The van der Waals surface area contributed by atoms with Crippen LogP contribution in [0.4, 0.5) is 11.4 Å². The average Bonchev–Trinajstić information content (AvgIpc) is 2.86. The first kappa shape index (κ1) is 21.3. The van der Waals surface area contributed by atoms with Gasteiger partial charge in [0, 0.05) is 42.6 Å². The smallest absolute Gasteiger partial charge is 0.261 e. The second-order valence-electron chi connectivity index (χ2n) is 7.91. The number of nitrogens with zero attached hydrogens (tertiary/aromatic N) is 1. The van der Waals surface area contributed by atoms with Gasteiger partial charge in [-0.15, -0.1) is 0 Å². The lowest BCUT2D eigenvalue weighted by atomic mass is 10.1. The van der Waals surface area contributed by atoms with Gasteiger partial charge in [-0.25, -0.2) is 8.42 Å². The molecule has 4 aromatic rings. The van der Waals surface area contributed by atoms with Crippen LogP contribution >= 0.6 is 0 Å². The van der Waals surface area contributed by atoms with E-state index in [1.54, 1.807) is 24.3 Å². The highest BCUT2D eigenvalue weighted by molar-refractivity contribution is 7.92. The van der Waals surface area contributed by atoms with E-state index in [0.29, 0.717) is 17.2 Å². The van der Waals surface area contributed by atoms with E-state index in [-0.39, 0.29) is 4.90 Å². The van der Waals surface area contributed by atoms with Gasteiger partial charge in [-0.05, 0) is 48.5 Å². The number of hydrogen-bond donors (Lipinski definition) is 2. The van der Waals surface area contributed by atoms with Crippen LogP contribution in [0.5, 0.6) is 11.5 Å². The van der Waals surface area contributed by atoms with E-state index >= 15 is 0 Å². The van der Waals surface area contributed by atoms with Gasteiger partial charge in [-0.1, -0.05) is 42.5 Å². The zero-order valence-corrected chi connectivity index (χ0v) is 18.9. The molecule has 0 bridgehead atoms. The molecule has 0 aromatic heterocycles. The molecule has 1 aliphatic rings. The molecule has 0 radical (unpaired) electrons. The van der Waals surface area contributed by atoms with Gasteiger partial charge in [0.1, 0.15) is 11.5 Å². The Morgan fingerprint density at radius 2 is 1.36 bits per heavy atom. The molecule has 5 rings (SSSR count). The van der Waals surface area contributed by atoms with Gasteiger partial charge in [0.05, 0.1) is 10.6 Å². The lowest BCUT2D eigenvalue weighted by Gasteiger charge is -2.30. The van der Waals surface area contributed by atoms with Crippen molar-refractivity contribution in [2.45, 2.75) is 4.90 Å². The van der Waals surface area contributed by atoms with Gasteiger partial charge in [0.15, 0.2) is 0 Å². The minimum Gasteiger partial charge on any atom is -0.457 e. The zero-order chi connectivity index (χ0) is 22.7. The van der Waals surface area contributed by atoms with E-state index in [9.17, 15) is 8.42 Å². The molecular weight excluding hydrogens is 434 g/mol. The third-order valence-corrected chi connectivity index (χ3v) is 7.10. The highest BCUT2D eigenvalue weighted by Crippen LogP contribution is 2.34. The van der Waals surface area contributed by atoms with Gasteiger partial charge < -0.3 is 15.0 Å². The molecule has 33 heavy (non-hydrogen) atoms. The second-order valence-corrected chi connectivity index (χ2v) is 9.59. The summed E-state index contributed by atoms with van der Waals surface area (Å²) in [6.45, 7) is 3.72. The predicted molar refractivity (Wildman–Crippen MR) is 133 cm³/mol. The highest BCUT2D eigenvalue weighted by atomic mass is 32.2. The Hall–Kier alpha value is -3.55. The Balaban J connectivity index is 1.41. The minimum atomic E-state index is -3.76. The molecule has 0 saturated carbocycles. The molecule has 168 valence electrons.